The minimum Gasteiger partial charge on any atom is -0.303 e. The fourth-order valence-corrected chi connectivity index (χ4v) is 2.16. The molecule has 5 nitrogen and oxygen atoms in total. The average molecular weight is 274 g/mol. The number of nitrogens with zero attached hydrogens (tertiary/aromatic N) is 2. The van der Waals surface area contributed by atoms with Gasteiger partial charge in [-0.1, -0.05) is 0 Å². The number of carbonyl (C=O) groups is 1. The maximum Gasteiger partial charge on any atom is 0.296 e. The predicted octanol–water partition coefficient (Wildman–Crippen LogP) is 1.91. The quantitative estimate of drug-likeness (QED) is 0.509. The molecular weight excluding hydrogens is 266 g/mol. The van der Waals surface area contributed by atoms with Gasteiger partial charge in [0.05, 0.1) is 4.92 Å². The van der Waals surface area contributed by atoms with Crippen LogP contribution < -0.4 is 4.90 Å². The number of carbonyl (C=O) groups excluding carboxylic acids is 1. The lowest BCUT2D eigenvalue weighted by Gasteiger charge is -2.16. The van der Waals surface area contributed by atoms with E-state index in [0.717, 1.165) is 11.0 Å². The number of amides is 1. The normalized spacial score (nSPS) is 19.4. The van der Waals surface area contributed by atoms with Crippen LogP contribution in [0.1, 0.15) is 6.42 Å². The van der Waals surface area contributed by atoms with Crippen LogP contribution in [-0.2, 0) is 4.79 Å². The van der Waals surface area contributed by atoms with E-state index in [1.807, 2.05) is 0 Å². The topological polar surface area (TPSA) is 63.5 Å². The van der Waals surface area contributed by atoms with Crippen molar-refractivity contribution >= 4 is 29.9 Å². The number of nitro groups is 1. The van der Waals surface area contributed by atoms with E-state index in [2.05, 4.69) is 12.6 Å². The minimum atomic E-state index is -1.39. The molecule has 1 amide bonds. The van der Waals surface area contributed by atoms with Crippen molar-refractivity contribution in [1.29, 1.82) is 0 Å². The summed E-state index contributed by atoms with van der Waals surface area (Å²) in [6.07, 6.45) is 0.0379. The maximum atomic E-state index is 13.7. The van der Waals surface area contributed by atoms with Crippen molar-refractivity contribution < 1.29 is 18.5 Å². The molecule has 0 aliphatic carbocycles. The second-order valence-electron chi connectivity index (χ2n) is 3.85. The van der Waals surface area contributed by atoms with Crippen LogP contribution >= 0.6 is 12.6 Å². The molecule has 0 bridgehead atoms. The van der Waals surface area contributed by atoms with E-state index >= 15 is 0 Å². The summed E-state index contributed by atoms with van der Waals surface area (Å²) in [5.74, 6) is -3.13. The highest BCUT2D eigenvalue weighted by molar-refractivity contribution is 7.81. The molecule has 1 fully saturated rings. The Bertz CT molecular complexity index is 538. The van der Waals surface area contributed by atoms with Gasteiger partial charge in [-0.05, 0) is 6.07 Å². The highest BCUT2D eigenvalue weighted by Crippen LogP contribution is 2.35. The molecule has 1 heterocycles. The second-order valence-corrected chi connectivity index (χ2v) is 4.58. The zero-order chi connectivity index (χ0) is 13.4. The molecule has 18 heavy (non-hydrogen) atoms. The number of anilines is 1. The number of hydrogen-bond donors (Lipinski definition) is 1. The Kier molecular flexibility index (Phi) is 3.20. The van der Waals surface area contributed by atoms with Gasteiger partial charge >= 0.3 is 0 Å². The van der Waals surface area contributed by atoms with Crippen LogP contribution in [0.2, 0.25) is 0 Å². The van der Waals surface area contributed by atoms with Crippen molar-refractivity contribution in [2.24, 2.45) is 0 Å². The first kappa shape index (κ1) is 12.7. The molecule has 8 heteroatoms. The van der Waals surface area contributed by atoms with Crippen LogP contribution in [0.15, 0.2) is 12.1 Å². The molecule has 1 aliphatic rings. The van der Waals surface area contributed by atoms with Gasteiger partial charge in [0.25, 0.3) is 5.69 Å². The largest absolute Gasteiger partial charge is 0.303 e. The minimum absolute atomic E-state index is 0.0170. The van der Waals surface area contributed by atoms with Crippen LogP contribution in [0.25, 0.3) is 0 Å². The van der Waals surface area contributed by atoms with Crippen LogP contribution in [0.5, 0.6) is 0 Å². The van der Waals surface area contributed by atoms with Crippen molar-refractivity contribution in [3.8, 4) is 0 Å². The van der Waals surface area contributed by atoms with E-state index in [0.29, 0.717) is 6.07 Å². The van der Waals surface area contributed by atoms with Crippen LogP contribution in [-0.4, -0.2) is 22.6 Å². The molecule has 0 radical (unpaired) electrons. The predicted molar refractivity (Wildman–Crippen MR) is 62.8 cm³/mol. The lowest BCUT2D eigenvalue weighted by Crippen LogP contribution is -2.27. The highest BCUT2D eigenvalue weighted by atomic mass is 32.1. The van der Waals surface area contributed by atoms with Gasteiger partial charge in [0.2, 0.25) is 5.91 Å². The molecule has 2 rings (SSSR count). The lowest BCUT2D eigenvalue weighted by atomic mass is 10.2. The van der Waals surface area contributed by atoms with E-state index in [-0.39, 0.29) is 18.2 Å². The van der Waals surface area contributed by atoms with E-state index in [9.17, 15) is 23.7 Å². The van der Waals surface area contributed by atoms with Crippen LogP contribution in [0, 0.1) is 21.7 Å². The van der Waals surface area contributed by atoms with Gasteiger partial charge in [0.15, 0.2) is 17.3 Å². The van der Waals surface area contributed by atoms with E-state index in [1.165, 1.54) is 0 Å². The fraction of sp³-hybridized carbons (Fsp3) is 0.300. The standard InChI is InChI=1S/C10H8F2N2O3S/c11-6-1-2-7(14(16)17)10(9(6)12)13-4-5(18)3-8(13)15/h1-2,5,18H,3-4H2. The molecule has 1 saturated heterocycles. The molecular formula is C10H8F2N2O3S. The van der Waals surface area contributed by atoms with Crippen molar-refractivity contribution in [3.05, 3.63) is 33.9 Å². The first-order chi connectivity index (χ1) is 8.41. The highest BCUT2D eigenvalue weighted by Gasteiger charge is 2.36. The molecule has 96 valence electrons. The summed E-state index contributed by atoms with van der Waals surface area (Å²) >= 11 is 4.06. The zero-order valence-corrected chi connectivity index (χ0v) is 9.86. The molecule has 0 saturated carbocycles. The Balaban J connectivity index is 2.58. The molecule has 0 N–H and O–H groups in total. The third-order valence-electron chi connectivity index (χ3n) is 2.62. The summed E-state index contributed by atoms with van der Waals surface area (Å²) in [4.78, 5) is 22.4. The second kappa shape index (κ2) is 4.52. The van der Waals surface area contributed by atoms with Crippen LogP contribution in [0.3, 0.4) is 0 Å². The zero-order valence-electron chi connectivity index (χ0n) is 8.97. The van der Waals surface area contributed by atoms with E-state index in [4.69, 9.17) is 0 Å². The molecule has 1 aliphatic heterocycles. The summed E-state index contributed by atoms with van der Waals surface area (Å²) in [7, 11) is 0. The number of hydrogen-bond acceptors (Lipinski definition) is 4. The Morgan fingerprint density at radius 3 is 2.61 bits per heavy atom. The van der Waals surface area contributed by atoms with Gasteiger partial charge in [0.1, 0.15) is 0 Å². The van der Waals surface area contributed by atoms with Crippen molar-refractivity contribution in [3.63, 3.8) is 0 Å². The Morgan fingerprint density at radius 1 is 1.44 bits per heavy atom. The van der Waals surface area contributed by atoms with Crippen molar-refractivity contribution in [2.45, 2.75) is 11.7 Å². The third kappa shape index (κ3) is 2.03. The fourth-order valence-electron chi connectivity index (χ4n) is 1.84. The number of halogens is 2. The lowest BCUT2D eigenvalue weighted by molar-refractivity contribution is -0.384. The van der Waals surface area contributed by atoms with Crippen molar-refractivity contribution in [2.75, 3.05) is 11.4 Å². The molecule has 1 aromatic carbocycles. The molecule has 1 unspecified atom stereocenters. The Labute approximate surface area is 106 Å². The molecule has 0 spiro atoms. The van der Waals surface area contributed by atoms with E-state index in [1.54, 1.807) is 0 Å². The van der Waals surface area contributed by atoms with Gasteiger partial charge in [0, 0.05) is 24.3 Å². The van der Waals surface area contributed by atoms with Crippen LogP contribution in [0.4, 0.5) is 20.2 Å². The summed E-state index contributed by atoms with van der Waals surface area (Å²) < 4.78 is 26.8. The summed E-state index contributed by atoms with van der Waals surface area (Å²) in [5.41, 5.74) is -1.26. The van der Waals surface area contributed by atoms with Gasteiger partial charge in [-0.2, -0.15) is 12.6 Å². The SMILES string of the molecule is O=C1CC(S)CN1c1c([N+](=O)[O-])ccc(F)c1F. The average Bonchev–Trinajstić information content (AvgIpc) is 2.61. The summed E-state index contributed by atoms with van der Waals surface area (Å²) in [6.45, 7) is 0.0170. The number of thiol groups is 1. The van der Waals surface area contributed by atoms with Gasteiger partial charge in [-0.3, -0.25) is 14.9 Å². The molecule has 1 atom stereocenters. The molecule has 0 aromatic heterocycles. The number of nitro benzene ring substituents is 1. The summed E-state index contributed by atoms with van der Waals surface area (Å²) in [6, 6.07) is 1.50. The first-order valence-electron chi connectivity index (χ1n) is 5.02. The van der Waals surface area contributed by atoms with Crippen molar-refractivity contribution in [1.82, 2.24) is 0 Å². The third-order valence-corrected chi connectivity index (χ3v) is 2.96. The first-order valence-corrected chi connectivity index (χ1v) is 5.54. The van der Waals surface area contributed by atoms with Gasteiger partial charge < -0.3 is 4.90 Å². The molecule has 1 aromatic rings. The van der Waals surface area contributed by atoms with Gasteiger partial charge in [-0.25, -0.2) is 8.78 Å². The van der Waals surface area contributed by atoms with Gasteiger partial charge in [-0.15, -0.1) is 0 Å². The maximum absolute atomic E-state index is 13.7. The van der Waals surface area contributed by atoms with E-state index < -0.39 is 33.8 Å². The summed E-state index contributed by atoms with van der Waals surface area (Å²) in [5, 5.41) is 10.4. The number of rotatable bonds is 2. The Morgan fingerprint density at radius 2 is 2.11 bits per heavy atom. The number of benzene rings is 1. The Hall–Kier alpha value is -1.70. The smallest absolute Gasteiger partial charge is 0.296 e. The monoisotopic (exact) mass is 274 g/mol.